The number of alkyl halides is 2. The lowest BCUT2D eigenvalue weighted by Gasteiger charge is -2.30. The van der Waals surface area contributed by atoms with Crippen LogP contribution in [0.5, 0.6) is 0 Å². The van der Waals surface area contributed by atoms with Gasteiger partial charge in [0.2, 0.25) is 29.5 Å². The zero-order chi connectivity index (χ0) is 27.3. The molecule has 0 spiro atoms. The molecule has 2 aliphatic heterocycles. The summed E-state index contributed by atoms with van der Waals surface area (Å²) in [6.45, 7) is 2.39. The lowest BCUT2D eigenvalue weighted by atomic mass is 10.0. The number of carbonyl (C=O) groups excluding carboxylic acids is 5. The minimum Gasteiger partial charge on any atom is -0.394 e. The largest absolute Gasteiger partial charge is 0.394 e. The molecule has 1 aromatic carbocycles. The highest BCUT2D eigenvalue weighted by Crippen LogP contribution is 2.29. The molecule has 2 heterocycles. The molecule has 0 aromatic heterocycles. The van der Waals surface area contributed by atoms with E-state index in [9.17, 15) is 29.1 Å². The van der Waals surface area contributed by atoms with Crippen molar-refractivity contribution in [3.63, 3.8) is 0 Å². The molecule has 202 valence electrons. The van der Waals surface area contributed by atoms with E-state index < -0.39 is 77.1 Å². The number of aliphatic hydroxyl groups excluding tert-OH is 1. The normalized spacial score (nSPS) is 32.2. The van der Waals surface area contributed by atoms with Crippen molar-refractivity contribution in [2.45, 2.75) is 67.7 Å². The Bertz CT molecular complexity index is 1030. The fourth-order valence-corrected chi connectivity index (χ4v) is 4.98. The topological polar surface area (TPSA) is 157 Å². The maximum atomic E-state index is 13.2. The molecular formula is C24H31Cl2N5O6. The number of hydrogen-bond donors (Lipinski definition) is 5. The Labute approximate surface area is 224 Å². The van der Waals surface area contributed by atoms with Gasteiger partial charge in [0, 0.05) is 6.54 Å². The molecule has 2 fully saturated rings. The van der Waals surface area contributed by atoms with Crippen LogP contribution in [0, 0.1) is 0 Å². The van der Waals surface area contributed by atoms with Crippen LogP contribution >= 0.6 is 23.2 Å². The van der Waals surface area contributed by atoms with Crippen LogP contribution in [0.2, 0.25) is 0 Å². The van der Waals surface area contributed by atoms with Gasteiger partial charge in [0.15, 0.2) is 0 Å². The molecule has 13 heteroatoms. The minimum absolute atomic E-state index is 0.0227. The van der Waals surface area contributed by atoms with Gasteiger partial charge in [-0.2, -0.15) is 0 Å². The quantitative estimate of drug-likeness (QED) is 0.318. The van der Waals surface area contributed by atoms with E-state index in [4.69, 9.17) is 23.2 Å². The lowest BCUT2D eigenvalue weighted by molar-refractivity contribution is -0.142. The summed E-state index contributed by atoms with van der Waals surface area (Å²) in [6.07, 6.45) is -0.0639. The number of rotatable bonds is 3. The molecule has 0 saturated carbocycles. The molecule has 11 nitrogen and oxygen atoms in total. The number of halogens is 2. The molecular weight excluding hydrogens is 525 g/mol. The molecule has 3 rings (SSSR count). The number of carbonyl (C=O) groups is 5. The van der Waals surface area contributed by atoms with Crippen molar-refractivity contribution in [2.75, 3.05) is 13.2 Å². The Balaban J connectivity index is 1.97. The first-order valence-corrected chi connectivity index (χ1v) is 12.9. The van der Waals surface area contributed by atoms with E-state index in [-0.39, 0.29) is 19.4 Å². The second kappa shape index (κ2) is 12.6. The molecule has 2 aliphatic rings. The van der Waals surface area contributed by atoms with Gasteiger partial charge < -0.3 is 31.3 Å². The van der Waals surface area contributed by atoms with E-state index in [1.54, 1.807) is 37.3 Å². The minimum atomic E-state index is -1.34. The summed E-state index contributed by atoms with van der Waals surface area (Å²) in [5.74, 6) is -3.22. The first-order valence-electron chi connectivity index (χ1n) is 12.0. The van der Waals surface area contributed by atoms with E-state index in [0.717, 1.165) is 0 Å². The molecule has 0 aliphatic carbocycles. The van der Waals surface area contributed by atoms with Crippen LogP contribution in [-0.4, -0.2) is 87.6 Å². The van der Waals surface area contributed by atoms with Gasteiger partial charge in [-0.3, -0.25) is 24.0 Å². The molecule has 37 heavy (non-hydrogen) atoms. The Morgan fingerprint density at radius 2 is 1.54 bits per heavy atom. The van der Waals surface area contributed by atoms with Crippen molar-refractivity contribution in [3.05, 3.63) is 35.9 Å². The van der Waals surface area contributed by atoms with Gasteiger partial charge in [-0.25, -0.2) is 0 Å². The maximum absolute atomic E-state index is 13.2. The fourth-order valence-electron chi connectivity index (χ4n) is 4.37. The van der Waals surface area contributed by atoms with Gasteiger partial charge in [0.1, 0.15) is 24.2 Å². The maximum Gasteiger partial charge on any atom is 0.245 e. The first kappa shape index (κ1) is 28.7. The van der Waals surface area contributed by atoms with Gasteiger partial charge in [-0.15, -0.1) is 23.2 Å². The average molecular weight is 556 g/mol. The molecule has 7 unspecified atom stereocenters. The number of amides is 5. The van der Waals surface area contributed by atoms with E-state index in [1.807, 2.05) is 0 Å². The third-order valence-corrected chi connectivity index (χ3v) is 7.50. The van der Waals surface area contributed by atoms with Gasteiger partial charge in [-0.1, -0.05) is 37.3 Å². The number of nitrogens with one attached hydrogen (secondary N) is 4. The molecule has 0 bridgehead atoms. The summed E-state index contributed by atoms with van der Waals surface area (Å²) < 4.78 is 0. The van der Waals surface area contributed by atoms with E-state index in [1.165, 1.54) is 11.8 Å². The zero-order valence-corrected chi connectivity index (χ0v) is 22.0. The van der Waals surface area contributed by atoms with Crippen molar-refractivity contribution >= 4 is 52.7 Å². The highest BCUT2D eigenvalue weighted by atomic mass is 35.5. The van der Waals surface area contributed by atoms with Gasteiger partial charge in [0.05, 0.1) is 29.8 Å². The predicted octanol–water partition coefficient (Wildman–Crippen LogP) is -0.450. The zero-order valence-electron chi connectivity index (χ0n) is 20.4. The van der Waals surface area contributed by atoms with Crippen LogP contribution in [0.3, 0.4) is 0 Å². The average Bonchev–Trinajstić information content (AvgIpc) is 3.18. The van der Waals surface area contributed by atoms with E-state index >= 15 is 0 Å². The molecule has 5 amide bonds. The monoisotopic (exact) mass is 555 g/mol. The summed E-state index contributed by atoms with van der Waals surface area (Å²) in [6, 6.07) is 3.27. The Morgan fingerprint density at radius 1 is 0.919 bits per heavy atom. The lowest BCUT2D eigenvalue weighted by Crippen LogP contribution is -2.59. The number of aliphatic hydroxyl groups is 1. The smallest absolute Gasteiger partial charge is 0.245 e. The second-order valence-electron chi connectivity index (χ2n) is 9.07. The molecule has 5 N–H and O–H groups in total. The number of hydrogen-bond acceptors (Lipinski definition) is 6. The molecule has 1 aromatic rings. The van der Waals surface area contributed by atoms with Crippen LogP contribution in [0.4, 0.5) is 0 Å². The Kier molecular flexibility index (Phi) is 9.74. The third-order valence-electron chi connectivity index (χ3n) is 6.42. The highest BCUT2D eigenvalue weighted by molar-refractivity contribution is 6.32. The molecule has 0 radical (unpaired) electrons. The second-order valence-corrected chi connectivity index (χ2v) is 10.1. The van der Waals surface area contributed by atoms with Gasteiger partial charge >= 0.3 is 0 Å². The van der Waals surface area contributed by atoms with E-state index in [0.29, 0.717) is 5.56 Å². The summed E-state index contributed by atoms with van der Waals surface area (Å²) in [5.41, 5.74) is 0.613. The van der Waals surface area contributed by atoms with Crippen LogP contribution in [0.15, 0.2) is 30.3 Å². The highest BCUT2D eigenvalue weighted by Gasteiger charge is 2.48. The Morgan fingerprint density at radius 3 is 2.16 bits per heavy atom. The van der Waals surface area contributed by atoms with Crippen molar-refractivity contribution < 1.29 is 29.1 Å². The van der Waals surface area contributed by atoms with Crippen LogP contribution in [0.25, 0.3) is 0 Å². The van der Waals surface area contributed by atoms with Crippen molar-refractivity contribution in [2.24, 2.45) is 0 Å². The van der Waals surface area contributed by atoms with Crippen LogP contribution in [-0.2, 0) is 24.0 Å². The van der Waals surface area contributed by atoms with Crippen LogP contribution in [0.1, 0.15) is 38.3 Å². The van der Waals surface area contributed by atoms with Crippen LogP contribution < -0.4 is 21.3 Å². The van der Waals surface area contributed by atoms with Gasteiger partial charge in [0.25, 0.3) is 0 Å². The first-order chi connectivity index (χ1) is 17.6. The third kappa shape index (κ3) is 6.71. The SMILES string of the molecule is CCC1NC(=O)C2C(Cl)C(Cl)CN2C(=O)C(C)NC(=O)CC(c2ccccc2)NC(=O)C(CO)NC1=O. The molecule has 2 saturated heterocycles. The summed E-state index contributed by atoms with van der Waals surface area (Å²) in [7, 11) is 0. The standard InChI is InChI=1S/C24H31Cl2N5O6/c1-3-15-21(34)30-17(11-32)22(35)29-16(13-7-5-4-6-8-13)9-18(33)27-12(2)24(37)31-10-14(25)19(26)20(31)23(36)28-15/h4-8,12,14-17,19-20,32H,3,9-11H2,1-2H3,(H,27,33)(H,28,36)(H,29,35)(H,30,34). The Hall–Kier alpha value is -2.89. The van der Waals surface area contributed by atoms with E-state index in [2.05, 4.69) is 21.3 Å². The van der Waals surface area contributed by atoms with Crippen molar-refractivity contribution in [3.8, 4) is 0 Å². The number of fused-ring (bicyclic) bond motifs is 1. The number of benzene rings is 1. The molecule has 7 atom stereocenters. The summed E-state index contributed by atoms with van der Waals surface area (Å²) in [5, 5.41) is 18.5. The number of nitrogens with zero attached hydrogens (tertiary/aromatic N) is 1. The predicted molar refractivity (Wildman–Crippen MR) is 136 cm³/mol. The van der Waals surface area contributed by atoms with Crippen molar-refractivity contribution in [1.29, 1.82) is 0 Å². The van der Waals surface area contributed by atoms with Gasteiger partial charge in [-0.05, 0) is 18.9 Å². The van der Waals surface area contributed by atoms with Crippen molar-refractivity contribution in [1.82, 2.24) is 26.2 Å². The summed E-state index contributed by atoms with van der Waals surface area (Å²) >= 11 is 12.7. The summed E-state index contributed by atoms with van der Waals surface area (Å²) in [4.78, 5) is 66.4. The fraction of sp³-hybridized carbons (Fsp3) is 0.542.